The third-order valence-corrected chi connectivity index (χ3v) is 5.93. The fraction of sp³-hybridized carbons (Fsp3) is 0.111. The number of hydrazone groups is 1. The van der Waals surface area contributed by atoms with Gasteiger partial charge in [0.15, 0.2) is 12.4 Å². The zero-order chi connectivity index (χ0) is 25.8. The van der Waals surface area contributed by atoms with Gasteiger partial charge in [0, 0.05) is 11.4 Å². The number of furan rings is 2. The molecule has 186 valence electrons. The zero-order valence-corrected chi connectivity index (χ0v) is 20.1. The zero-order valence-electron chi connectivity index (χ0n) is 19.3. The molecule has 0 saturated carbocycles. The van der Waals surface area contributed by atoms with Crippen LogP contribution in [0.5, 0.6) is 0 Å². The Balaban J connectivity index is 1.30. The Hall–Kier alpha value is -4.63. The van der Waals surface area contributed by atoms with Gasteiger partial charge in [-0.15, -0.1) is 0 Å². The number of benzene rings is 2. The van der Waals surface area contributed by atoms with Crippen molar-refractivity contribution in [1.29, 1.82) is 0 Å². The Morgan fingerprint density at radius 3 is 2.46 bits per heavy atom. The van der Waals surface area contributed by atoms with Crippen LogP contribution in [-0.2, 0) is 9.53 Å². The lowest BCUT2D eigenvalue weighted by atomic mass is 10.0. The molecule has 9 nitrogen and oxygen atoms in total. The monoisotopic (exact) mass is 517 g/mol. The average molecular weight is 518 g/mol. The van der Waals surface area contributed by atoms with E-state index in [1.54, 1.807) is 48.5 Å². The average Bonchev–Trinajstić information content (AvgIpc) is 3.69. The molecule has 1 aliphatic rings. The summed E-state index contributed by atoms with van der Waals surface area (Å²) >= 11 is 6.00. The number of carbonyl (C=O) groups is 3. The summed E-state index contributed by atoms with van der Waals surface area (Å²) in [6.45, 7) is -0.562. The molecule has 0 bridgehead atoms. The van der Waals surface area contributed by atoms with E-state index in [2.05, 4.69) is 10.4 Å². The molecular formula is C27H20ClN3O6. The maximum atomic E-state index is 13.1. The molecule has 0 saturated heterocycles. The Morgan fingerprint density at radius 2 is 1.73 bits per heavy atom. The third-order valence-electron chi connectivity index (χ3n) is 5.68. The molecule has 2 amide bonds. The SMILES string of the molecule is O=C(Nc1ccccc1C(=O)OCC(=O)N1N=C(c2ccc(Cl)cc2)C[C@H]1c1ccco1)c1ccco1. The molecule has 0 fully saturated rings. The number of hydrogen-bond donors (Lipinski definition) is 1. The minimum atomic E-state index is -0.778. The van der Waals surface area contributed by atoms with Gasteiger partial charge >= 0.3 is 5.97 Å². The molecule has 0 radical (unpaired) electrons. The summed E-state index contributed by atoms with van der Waals surface area (Å²) < 4.78 is 15.9. The lowest BCUT2D eigenvalue weighted by Crippen LogP contribution is -2.31. The second-order valence-corrected chi connectivity index (χ2v) is 8.52. The normalized spacial score (nSPS) is 14.8. The van der Waals surface area contributed by atoms with Gasteiger partial charge in [-0.05, 0) is 54.1 Å². The Labute approximate surface area is 216 Å². The van der Waals surface area contributed by atoms with Crippen LogP contribution < -0.4 is 5.32 Å². The number of nitrogens with one attached hydrogen (secondary N) is 1. The highest BCUT2D eigenvalue weighted by Crippen LogP contribution is 2.33. The molecule has 37 heavy (non-hydrogen) atoms. The van der Waals surface area contributed by atoms with E-state index in [0.717, 1.165) is 5.56 Å². The van der Waals surface area contributed by atoms with Crippen LogP contribution in [0.4, 0.5) is 5.69 Å². The van der Waals surface area contributed by atoms with Gasteiger partial charge in [0.05, 0.1) is 29.5 Å². The van der Waals surface area contributed by atoms with Crippen LogP contribution in [0.3, 0.4) is 0 Å². The number of para-hydroxylation sites is 1. The van der Waals surface area contributed by atoms with Crippen molar-refractivity contribution in [3.63, 3.8) is 0 Å². The second-order valence-electron chi connectivity index (χ2n) is 8.08. The predicted molar refractivity (Wildman–Crippen MR) is 134 cm³/mol. The first-order valence-electron chi connectivity index (χ1n) is 11.3. The van der Waals surface area contributed by atoms with E-state index in [0.29, 0.717) is 22.9 Å². The van der Waals surface area contributed by atoms with Gasteiger partial charge in [0.1, 0.15) is 11.8 Å². The van der Waals surface area contributed by atoms with Gasteiger partial charge in [0.2, 0.25) is 0 Å². The number of ether oxygens (including phenoxy) is 1. The summed E-state index contributed by atoms with van der Waals surface area (Å²) in [6.07, 6.45) is 3.30. The van der Waals surface area contributed by atoms with E-state index in [4.69, 9.17) is 25.2 Å². The number of halogens is 1. The topological polar surface area (TPSA) is 114 Å². The lowest BCUT2D eigenvalue weighted by Gasteiger charge is -2.19. The minimum Gasteiger partial charge on any atom is -0.467 e. The maximum Gasteiger partial charge on any atom is 0.340 e. The first kappa shape index (κ1) is 24.1. The number of carbonyl (C=O) groups excluding carboxylic acids is 3. The van der Waals surface area contributed by atoms with E-state index in [-0.39, 0.29) is 17.0 Å². The molecule has 2 aromatic carbocycles. The summed E-state index contributed by atoms with van der Waals surface area (Å²) in [5.74, 6) is -1.19. The first-order chi connectivity index (χ1) is 18.0. The highest BCUT2D eigenvalue weighted by molar-refractivity contribution is 6.30. The number of nitrogens with zero attached hydrogens (tertiary/aromatic N) is 2. The standard InChI is InChI=1S/C27H20ClN3O6/c28-18-11-9-17(10-12-18)21-15-22(23-7-3-13-35-23)31(30-21)25(32)16-37-27(34)19-5-1-2-6-20(19)29-26(33)24-8-4-14-36-24/h1-14,22H,15-16H2,(H,29,33)/t22-/m0/s1. The molecule has 3 heterocycles. The smallest absolute Gasteiger partial charge is 0.340 e. The fourth-order valence-corrected chi connectivity index (χ4v) is 4.02. The minimum absolute atomic E-state index is 0.0876. The third kappa shape index (κ3) is 5.31. The predicted octanol–water partition coefficient (Wildman–Crippen LogP) is 5.31. The molecule has 4 aromatic rings. The van der Waals surface area contributed by atoms with E-state index in [9.17, 15) is 14.4 Å². The number of anilines is 1. The Morgan fingerprint density at radius 1 is 0.973 bits per heavy atom. The van der Waals surface area contributed by atoms with Crippen LogP contribution in [0.15, 0.2) is 99.3 Å². The van der Waals surface area contributed by atoms with Gasteiger partial charge in [-0.25, -0.2) is 9.80 Å². The summed E-state index contributed by atoms with van der Waals surface area (Å²) in [5, 5.41) is 8.97. The van der Waals surface area contributed by atoms with Crippen LogP contribution in [0, 0.1) is 0 Å². The van der Waals surface area contributed by atoms with E-state index >= 15 is 0 Å². The van der Waals surface area contributed by atoms with E-state index in [1.165, 1.54) is 29.7 Å². The van der Waals surface area contributed by atoms with Crippen LogP contribution in [0.1, 0.15) is 44.7 Å². The van der Waals surface area contributed by atoms with Crippen molar-refractivity contribution >= 4 is 40.8 Å². The van der Waals surface area contributed by atoms with E-state index in [1.807, 2.05) is 12.1 Å². The number of rotatable bonds is 7. The molecule has 0 unspecified atom stereocenters. The van der Waals surface area contributed by atoms with Crippen molar-refractivity contribution in [2.24, 2.45) is 5.10 Å². The lowest BCUT2D eigenvalue weighted by molar-refractivity contribution is -0.136. The number of hydrogen-bond acceptors (Lipinski definition) is 7. The fourth-order valence-electron chi connectivity index (χ4n) is 3.89. The van der Waals surface area contributed by atoms with Crippen molar-refractivity contribution in [2.75, 3.05) is 11.9 Å². The van der Waals surface area contributed by atoms with Crippen molar-refractivity contribution in [2.45, 2.75) is 12.5 Å². The van der Waals surface area contributed by atoms with Crippen LogP contribution in [-0.4, -0.2) is 35.1 Å². The number of amides is 2. The molecule has 2 aromatic heterocycles. The van der Waals surface area contributed by atoms with Crippen LogP contribution >= 0.6 is 11.6 Å². The molecule has 1 aliphatic heterocycles. The van der Waals surface area contributed by atoms with Gasteiger partial charge in [-0.3, -0.25) is 9.59 Å². The van der Waals surface area contributed by atoms with Crippen molar-refractivity contribution in [3.8, 4) is 0 Å². The largest absolute Gasteiger partial charge is 0.467 e. The Bertz CT molecular complexity index is 1450. The summed E-state index contributed by atoms with van der Waals surface area (Å²) in [7, 11) is 0. The van der Waals surface area contributed by atoms with Gasteiger partial charge in [-0.1, -0.05) is 35.9 Å². The molecule has 0 aliphatic carbocycles. The van der Waals surface area contributed by atoms with E-state index < -0.39 is 30.4 Å². The molecule has 0 spiro atoms. The maximum absolute atomic E-state index is 13.1. The molecule has 1 N–H and O–H groups in total. The van der Waals surface area contributed by atoms with Crippen LogP contribution in [0.2, 0.25) is 5.02 Å². The highest BCUT2D eigenvalue weighted by Gasteiger charge is 2.35. The molecule has 5 rings (SSSR count). The quantitative estimate of drug-likeness (QED) is 0.332. The van der Waals surface area contributed by atoms with Gasteiger partial charge < -0.3 is 18.9 Å². The first-order valence-corrected chi connectivity index (χ1v) is 11.7. The Kier molecular flexibility index (Phi) is 6.87. The molecule has 1 atom stereocenters. The molecular weight excluding hydrogens is 498 g/mol. The van der Waals surface area contributed by atoms with Crippen molar-refractivity contribution in [3.05, 3.63) is 113 Å². The summed E-state index contributed by atoms with van der Waals surface area (Å²) in [5.41, 5.74) is 1.79. The molecule has 10 heteroatoms. The van der Waals surface area contributed by atoms with Crippen molar-refractivity contribution in [1.82, 2.24) is 5.01 Å². The summed E-state index contributed by atoms with van der Waals surface area (Å²) in [6, 6.07) is 19.5. The number of esters is 1. The van der Waals surface area contributed by atoms with Gasteiger partial charge in [-0.2, -0.15) is 5.10 Å². The van der Waals surface area contributed by atoms with Crippen molar-refractivity contribution < 1.29 is 28.0 Å². The summed E-state index contributed by atoms with van der Waals surface area (Å²) in [4.78, 5) is 38.3. The highest BCUT2D eigenvalue weighted by atomic mass is 35.5. The van der Waals surface area contributed by atoms with Gasteiger partial charge in [0.25, 0.3) is 11.8 Å². The second kappa shape index (κ2) is 10.5. The van der Waals surface area contributed by atoms with Crippen LogP contribution in [0.25, 0.3) is 0 Å².